The van der Waals surface area contributed by atoms with Crippen molar-refractivity contribution in [2.24, 2.45) is 0 Å². The highest BCUT2D eigenvalue weighted by Crippen LogP contribution is 2.62. The van der Waals surface area contributed by atoms with Crippen LogP contribution in [0.3, 0.4) is 0 Å². The number of nitriles is 1. The summed E-state index contributed by atoms with van der Waals surface area (Å²) in [5.41, 5.74) is 22.4. The van der Waals surface area contributed by atoms with Crippen LogP contribution in [0.4, 0.5) is 17.1 Å². The highest BCUT2D eigenvalue weighted by Gasteiger charge is 2.46. The van der Waals surface area contributed by atoms with Crippen LogP contribution in [-0.2, 0) is 10.2 Å². The number of benzene rings is 7. The highest BCUT2D eigenvalue weighted by molar-refractivity contribution is 7.18. The van der Waals surface area contributed by atoms with Gasteiger partial charge in [-0.15, -0.1) is 22.7 Å². The van der Waals surface area contributed by atoms with Gasteiger partial charge >= 0.3 is 5.97 Å². The summed E-state index contributed by atoms with van der Waals surface area (Å²) < 4.78 is 10.1. The Bertz CT molecular complexity index is 3840. The van der Waals surface area contributed by atoms with E-state index in [1.807, 2.05) is 34.8 Å². The van der Waals surface area contributed by atoms with Gasteiger partial charge in [0, 0.05) is 53.1 Å². The van der Waals surface area contributed by atoms with Crippen molar-refractivity contribution in [1.82, 2.24) is 8.75 Å². The van der Waals surface area contributed by atoms with Crippen LogP contribution in [0.5, 0.6) is 0 Å². The number of hydrogen-bond acceptors (Lipinski definition) is 8. The first kappa shape index (κ1) is 54.2. The summed E-state index contributed by atoms with van der Waals surface area (Å²) in [7, 11) is 0. The minimum absolute atomic E-state index is 0.0802. The molecule has 0 atom stereocenters. The normalized spacial score (nSPS) is 12.6. The van der Waals surface area contributed by atoms with Crippen molar-refractivity contribution in [2.75, 3.05) is 4.90 Å². The number of rotatable bonds is 20. The van der Waals surface area contributed by atoms with Crippen molar-refractivity contribution in [3.05, 3.63) is 201 Å². The number of unbranched alkanes of at least 4 members (excludes halogenated alkanes) is 6. The number of aromatic nitrogens is 2. The molecule has 7 aromatic carbocycles. The minimum atomic E-state index is -1.22. The molecular formula is C71H66N4O2S3. The second kappa shape index (κ2) is 23.5. The number of aryl methyl sites for hydroxylation is 4. The van der Waals surface area contributed by atoms with Crippen molar-refractivity contribution in [3.63, 3.8) is 0 Å². The molecule has 80 heavy (non-hydrogen) atoms. The summed E-state index contributed by atoms with van der Waals surface area (Å²) in [4.78, 5) is 19.4. The Balaban J connectivity index is 0.946. The second-order valence-electron chi connectivity index (χ2n) is 21.7. The summed E-state index contributed by atoms with van der Waals surface area (Å²) in [6.45, 7) is 13.2. The van der Waals surface area contributed by atoms with E-state index in [-0.39, 0.29) is 11.0 Å². The molecule has 0 aliphatic heterocycles. The lowest BCUT2D eigenvalue weighted by Crippen LogP contribution is -2.23. The monoisotopic (exact) mass is 1100 g/mol. The Kier molecular flexibility index (Phi) is 16.0. The van der Waals surface area contributed by atoms with Gasteiger partial charge in [0.15, 0.2) is 0 Å². The molecule has 0 amide bonds. The van der Waals surface area contributed by atoms with Crippen molar-refractivity contribution in [1.29, 1.82) is 5.26 Å². The first-order valence-corrected chi connectivity index (χ1v) is 30.6. The lowest BCUT2D eigenvalue weighted by Gasteiger charge is -2.30. The molecule has 0 bridgehead atoms. The molecule has 9 heteroatoms. The molecule has 11 rings (SSSR count). The molecule has 0 unspecified atom stereocenters. The van der Waals surface area contributed by atoms with Gasteiger partial charge in [-0.2, -0.15) is 14.0 Å². The molecule has 1 aliphatic rings. The molecule has 1 aliphatic carbocycles. The average Bonchev–Trinajstić information content (AvgIpc) is 3.15. The fourth-order valence-electron chi connectivity index (χ4n) is 12.0. The van der Waals surface area contributed by atoms with Gasteiger partial charge in [-0.25, -0.2) is 4.79 Å². The van der Waals surface area contributed by atoms with Crippen molar-refractivity contribution < 1.29 is 9.90 Å². The average molecular weight is 1100 g/mol. The van der Waals surface area contributed by atoms with E-state index in [4.69, 9.17) is 8.75 Å². The quantitative estimate of drug-likeness (QED) is 0.0465. The molecule has 0 saturated carbocycles. The molecule has 0 fully saturated rings. The third-order valence-corrected chi connectivity index (χ3v) is 19.4. The van der Waals surface area contributed by atoms with E-state index in [0.29, 0.717) is 5.56 Å². The van der Waals surface area contributed by atoms with Crippen LogP contribution in [0.15, 0.2) is 163 Å². The largest absolute Gasteiger partial charge is 0.477 e. The molecule has 0 saturated heterocycles. The Morgan fingerprint density at radius 3 is 1.44 bits per heavy atom. The van der Waals surface area contributed by atoms with Gasteiger partial charge in [-0.3, -0.25) is 0 Å². The molecule has 0 spiro atoms. The zero-order valence-corrected chi connectivity index (χ0v) is 49.0. The number of aliphatic carboxylic acids is 1. The summed E-state index contributed by atoms with van der Waals surface area (Å²) in [6.07, 6.45) is 13.3. The van der Waals surface area contributed by atoms with E-state index >= 15 is 0 Å². The van der Waals surface area contributed by atoms with E-state index in [1.54, 1.807) is 6.07 Å². The Labute approximate surface area is 483 Å². The smallest absolute Gasteiger partial charge is 0.346 e. The SMILES string of the molecule is CCCCCCC1(CCCCCC)c2sc(-c3ccc(/C=C(\C#N)C(=O)O)cc3)cc2-c2cc(-c3ccc(-c4ccc(N(c5ccc(-c6ccc(C)cc6C)cc5)c5ccc(-c6ccc(C)cc6C)cc5)cc4)c4nsnc34)sc21. The predicted octanol–water partition coefficient (Wildman–Crippen LogP) is 21.1. The zero-order chi connectivity index (χ0) is 55.5. The van der Waals surface area contributed by atoms with Crippen LogP contribution < -0.4 is 4.90 Å². The van der Waals surface area contributed by atoms with Crippen molar-refractivity contribution >= 4 is 74.5 Å². The Morgan fingerprint density at radius 2 is 0.963 bits per heavy atom. The first-order chi connectivity index (χ1) is 39.0. The van der Waals surface area contributed by atoms with Gasteiger partial charge < -0.3 is 10.0 Å². The van der Waals surface area contributed by atoms with E-state index < -0.39 is 5.97 Å². The Hall–Kier alpha value is -7.74. The van der Waals surface area contributed by atoms with Crippen LogP contribution in [0.2, 0.25) is 0 Å². The number of fused-ring (bicyclic) bond motifs is 4. The summed E-state index contributed by atoms with van der Waals surface area (Å²) in [5.74, 6) is -1.22. The predicted molar refractivity (Wildman–Crippen MR) is 339 cm³/mol. The molecule has 3 aromatic heterocycles. The number of hydrogen-bond donors (Lipinski definition) is 1. The van der Waals surface area contributed by atoms with Crippen LogP contribution in [0.1, 0.15) is 116 Å². The lowest BCUT2D eigenvalue weighted by atomic mass is 9.77. The number of carboxylic acids is 1. The van der Waals surface area contributed by atoms with Crippen LogP contribution >= 0.6 is 34.4 Å². The molecule has 0 radical (unpaired) electrons. The second-order valence-corrected chi connectivity index (χ2v) is 24.4. The molecule has 400 valence electrons. The molecule has 6 nitrogen and oxygen atoms in total. The van der Waals surface area contributed by atoms with Gasteiger partial charge in [0.25, 0.3) is 0 Å². The summed E-state index contributed by atoms with van der Waals surface area (Å²) in [6, 6.07) is 59.3. The van der Waals surface area contributed by atoms with Gasteiger partial charge in [0.1, 0.15) is 22.7 Å². The van der Waals surface area contributed by atoms with Crippen molar-refractivity contribution in [3.8, 4) is 71.5 Å². The maximum Gasteiger partial charge on any atom is 0.346 e. The standard InChI is InChI=1S/C71H66N4O2S3/c1-7-9-11-13-37-71(38-14-12-10-8-2)68-62(42-64(78-68)53-19-17-49(18-20-53)41-54(44-72)70(76)77)63-43-65(79-69(63)71)61-36-35-60(66-67(61)74-80-73-66)52-25-31-57(32-26-52)75(55-27-21-50(22-28-55)58-33-15-45(3)39-47(58)5)56-29-23-51(24-30-56)59-34-16-46(4)40-48(59)6/h15-36,39-43H,7-14,37-38H2,1-6H3,(H,76,77)/b54-41+. The Morgan fingerprint density at radius 1 is 0.525 bits per heavy atom. The van der Waals surface area contributed by atoms with E-state index in [2.05, 4.69) is 192 Å². The summed E-state index contributed by atoms with van der Waals surface area (Å²) >= 11 is 5.17. The number of thiophene rings is 2. The molecule has 10 aromatic rings. The molecular weight excluding hydrogens is 1040 g/mol. The van der Waals surface area contributed by atoms with Gasteiger partial charge in [0.05, 0.1) is 11.7 Å². The lowest BCUT2D eigenvalue weighted by molar-refractivity contribution is -0.132. The topological polar surface area (TPSA) is 90.1 Å². The van der Waals surface area contributed by atoms with E-state index in [0.717, 1.165) is 63.2 Å². The van der Waals surface area contributed by atoms with Crippen LogP contribution in [0.25, 0.3) is 82.5 Å². The first-order valence-electron chi connectivity index (χ1n) is 28.2. The third-order valence-electron chi connectivity index (χ3n) is 16.1. The van der Waals surface area contributed by atoms with Gasteiger partial charge in [-0.05, 0) is 156 Å². The number of carboxylic acid groups (broad SMARTS) is 1. The molecule has 1 N–H and O–H groups in total. The number of carbonyl (C=O) groups is 1. The fourth-order valence-corrected chi connectivity index (χ4v) is 15.5. The van der Waals surface area contributed by atoms with Crippen molar-refractivity contribution in [2.45, 2.75) is 111 Å². The van der Waals surface area contributed by atoms with Crippen LogP contribution in [-0.4, -0.2) is 19.8 Å². The van der Waals surface area contributed by atoms with Crippen LogP contribution in [0, 0.1) is 39.0 Å². The number of nitrogens with zero attached hydrogens (tertiary/aromatic N) is 4. The summed E-state index contributed by atoms with van der Waals surface area (Å²) in [5, 5.41) is 18.9. The third kappa shape index (κ3) is 10.7. The minimum Gasteiger partial charge on any atom is -0.477 e. The van der Waals surface area contributed by atoms with E-state index in [9.17, 15) is 15.2 Å². The number of anilines is 3. The molecule has 3 heterocycles. The highest BCUT2D eigenvalue weighted by atomic mass is 32.1. The maximum atomic E-state index is 11.6. The zero-order valence-electron chi connectivity index (χ0n) is 46.5. The van der Waals surface area contributed by atoms with Gasteiger partial charge in [0.2, 0.25) is 0 Å². The maximum absolute atomic E-state index is 11.6. The van der Waals surface area contributed by atoms with Gasteiger partial charge in [-0.1, -0.05) is 186 Å². The fraction of sp³-hybridized carbons (Fsp3) is 0.239. The van der Waals surface area contributed by atoms with E-state index in [1.165, 1.54) is 144 Å².